The highest BCUT2D eigenvalue weighted by molar-refractivity contribution is 5.95. The van der Waals surface area contributed by atoms with E-state index in [0.29, 0.717) is 12.6 Å². The molecule has 4 nitrogen and oxygen atoms in total. The highest BCUT2D eigenvalue weighted by Gasteiger charge is 2.32. The minimum atomic E-state index is 0.157. The highest BCUT2D eigenvalue weighted by Crippen LogP contribution is 2.23. The molecule has 1 atom stereocenters. The minimum Gasteiger partial charge on any atom is -0.380 e. The van der Waals surface area contributed by atoms with E-state index in [1.54, 1.807) is 7.11 Å². The second kappa shape index (κ2) is 6.58. The van der Waals surface area contributed by atoms with Crippen molar-refractivity contribution in [1.82, 2.24) is 9.80 Å². The van der Waals surface area contributed by atoms with Crippen LogP contribution in [-0.2, 0) is 11.3 Å². The zero-order valence-electron chi connectivity index (χ0n) is 12.8. The molecule has 0 radical (unpaired) electrons. The van der Waals surface area contributed by atoms with Crippen molar-refractivity contribution in [1.29, 1.82) is 0 Å². The Balaban J connectivity index is 1.68. The Morgan fingerprint density at radius 2 is 2.00 bits per heavy atom. The van der Waals surface area contributed by atoms with Gasteiger partial charge in [0.1, 0.15) is 0 Å². The summed E-state index contributed by atoms with van der Waals surface area (Å²) in [5.41, 5.74) is 1.77. The van der Waals surface area contributed by atoms with Gasteiger partial charge in [0.2, 0.25) is 0 Å². The lowest BCUT2D eigenvalue weighted by atomic mass is 10.1. The van der Waals surface area contributed by atoms with Gasteiger partial charge in [0.15, 0.2) is 0 Å². The summed E-state index contributed by atoms with van der Waals surface area (Å²) >= 11 is 0. The molecular weight excluding hydrogens is 264 g/mol. The molecule has 0 aromatic heterocycles. The van der Waals surface area contributed by atoms with E-state index in [2.05, 4.69) is 4.90 Å². The Kier molecular flexibility index (Phi) is 4.56. The number of carbonyl (C=O) groups excluding carboxylic acids is 1. The lowest BCUT2D eigenvalue weighted by molar-refractivity contribution is 0.0775. The first kappa shape index (κ1) is 14.5. The number of nitrogens with zero attached hydrogens (tertiary/aromatic N) is 2. The van der Waals surface area contributed by atoms with Crippen LogP contribution in [0.4, 0.5) is 0 Å². The van der Waals surface area contributed by atoms with Crippen LogP contribution in [0.15, 0.2) is 24.3 Å². The average molecular weight is 288 g/mol. The summed E-state index contributed by atoms with van der Waals surface area (Å²) in [6.07, 6.45) is 3.72. The van der Waals surface area contributed by atoms with Gasteiger partial charge in [-0.25, -0.2) is 0 Å². The lowest BCUT2D eigenvalue weighted by Crippen LogP contribution is -2.37. The zero-order chi connectivity index (χ0) is 14.7. The molecule has 1 amide bonds. The van der Waals surface area contributed by atoms with Crippen LogP contribution in [-0.4, -0.2) is 55.0 Å². The summed E-state index contributed by atoms with van der Waals surface area (Å²) in [6, 6.07) is 8.35. The number of hydrogen-bond donors (Lipinski definition) is 0. The lowest BCUT2D eigenvalue weighted by Gasteiger charge is -2.24. The van der Waals surface area contributed by atoms with Crippen LogP contribution in [0.3, 0.4) is 0 Å². The van der Waals surface area contributed by atoms with Crippen LogP contribution >= 0.6 is 0 Å². The van der Waals surface area contributed by atoms with Crippen LogP contribution in [0.1, 0.15) is 35.2 Å². The van der Waals surface area contributed by atoms with Crippen molar-refractivity contribution in [2.24, 2.45) is 0 Å². The Labute approximate surface area is 126 Å². The van der Waals surface area contributed by atoms with Crippen LogP contribution in [0.2, 0.25) is 0 Å². The molecule has 0 spiro atoms. The summed E-state index contributed by atoms with van der Waals surface area (Å²) in [5.74, 6) is 0.157. The van der Waals surface area contributed by atoms with Crippen LogP contribution < -0.4 is 0 Å². The summed E-state index contributed by atoms with van der Waals surface area (Å²) < 4.78 is 5.20. The first-order valence-electron chi connectivity index (χ1n) is 7.90. The second-order valence-electron chi connectivity index (χ2n) is 6.03. The Morgan fingerprint density at radius 1 is 1.24 bits per heavy atom. The Bertz CT molecular complexity index is 497. The maximum Gasteiger partial charge on any atom is 0.254 e. The molecule has 2 heterocycles. The number of carbonyl (C=O) groups is 1. The molecular formula is C17H24N2O2. The van der Waals surface area contributed by atoms with Gasteiger partial charge in [0.05, 0.1) is 6.61 Å². The number of ether oxygens (including phenoxy) is 1. The first-order valence-corrected chi connectivity index (χ1v) is 7.90. The van der Waals surface area contributed by atoms with Crippen molar-refractivity contribution in [3.8, 4) is 0 Å². The van der Waals surface area contributed by atoms with E-state index < -0.39 is 0 Å². The molecule has 2 fully saturated rings. The molecule has 0 aliphatic carbocycles. The van der Waals surface area contributed by atoms with Crippen LogP contribution in [0, 0.1) is 0 Å². The van der Waals surface area contributed by atoms with Crippen LogP contribution in [0.25, 0.3) is 0 Å². The topological polar surface area (TPSA) is 32.8 Å². The molecule has 114 valence electrons. The molecule has 2 aliphatic rings. The molecule has 2 aliphatic heterocycles. The highest BCUT2D eigenvalue weighted by atomic mass is 16.5. The van der Waals surface area contributed by atoms with Gasteiger partial charge in [0.25, 0.3) is 5.91 Å². The number of hydrogen-bond acceptors (Lipinski definition) is 3. The Morgan fingerprint density at radius 3 is 2.76 bits per heavy atom. The van der Waals surface area contributed by atoms with Gasteiger partial charge in [-0.2, -0.15) is 0 Å². The number of benzene rings is 1. The van der Waals surface area contributed by atoms with E-state index in [0.717, 1.165) is 30.6 Å². The molecule has 4 heteroatoms. The van der Waals surface area contributed by atoms with E-state index in [-0.39, 0.29) is 5.91 Å². The molecule has 0 bridgehead atoms. The quantitative estimate of drug-likeness (QED) is 0.851. The minimum absolute atomic E-state index is 0.157. The molecule has 0 saturated carbocycles. The monoisotopic (exact) mass is 288 g/mol. The standard InChI is InChI=1S/C17H24N2O2/c1-21-13-14-6-2-3-7-16(14)17(20)19-11-8-15(12-19)18-9-4-5-10-18/h2-3,6-7,15H,4-5,8-13H2,1H3/t15-/m1/s1. The van der Waals surface area contributed by atoms with Crippen molar-refractivity contribution in [3.63, 3.8) is 0 Å². The molecule has 21 heavy (non-hydrogen) atoms. The fraction of sp³-hybridized carbons (Fsp3) is 0.588. The summed E-state index contributed by atoms with van der Waals surface area (Å²) in [5, 5.41) is 0. The SMILES string of the molecule is COCc1ccccc1C(=O)N1CC[C@@H](N2CCCC2)C1. The van der Waals surface area contributed by atoms with E-state index in [1.807, 2.05) is 29.2 Å². The van der Waals surface area contributed by atoms with Crippen molar-refractivity contribution >= 4 is 5.91 Å². The molecule has 0 N–H and O–H groups in total. The summed E-state index contributed by atoms with van der Waals surface area (Å²) in [7, 11) is 1.67. The van der Waals surface area contributed by atoms with E-state index in [1.165, 1.54) is 25.9 Å². The van der Waals surface area contributed by atoms with Gasteiger partial charge in [-0.3, -0.25) is 9.69 Å². The average Bonchev–Trinajstić information content (AvgIpc) is 3.18. The van der Waals surface area contributed by atoms with Crippen molar-refractivity contribution in [2.45, 2.75) is 31.9 Å². The molecule has 1 aromatic carbocycles. The van der Waals surface area contributed by atoms with Gasteiger partial charge in [-0.05, 0) is 44.0 Å². The largest absolute Gasteiger partial charge is 0.380 e. The predicted octanol–water partition coefficient (Wildman–Crippen LogP) is 2.14. The van der Waals surface area contributed by atoms with Crippen molar-refractivity contribution < 1.29 is 9.53 Å². The smallest absolute Gasteiger partial charge is 0.254 e. The van der Waals surface area contributed by atoms with Crippen molar-refractivity contribution in [2.75, 3.05) is 33.3 Å². The zero-order valence-corrected chi connectivity index (χ0v) is 12.8. The maximum atomic E-state index is 12.8. The third kappa shape index (κ3) is 3.11. The van der Waals surface area contributed by atoms with Crippen LogP contribution in [0.5, 0.6) is 0 Å². The first-order chi connectivity index (χ1) is 10.3. The fourth-order valence-corrected chi connectivity index (χ4v) is 3.51. The second-order valence-corrected chi connectivity index (χ2v) is 6.03. The van der Waals surface area contributed by atoms with Crippen molar-refractivity contribution in [3.05, 3.63) is 35.4 Å². The van der Waals surface area contributed by atoms with Gasteiger partial charge >= 0.3 is 0 Å². The Hall–Kier alpha value is -1.39. The predicted molar refractivity (Wildman–Crippen MR) is 82.3 cm³/mol. The molecule has 1 aromatic rings. The van der Waals surface area contributed by atoms with Gasteiger partial charge in [-0.1, -0.05) is 18.2 Å². The normalized spacial score (nSPS) is 22.9. The number of rotatable bonds is 4. The number of amides is 1. The third-order valence-corrected chi connectivity index (χ3v) is 4.66. The fourth-order valence-electron chi connectivity index (χ4n) is 3.51. The number of methoxy groups -OCH3 is 1. The van der Waals surface area contributed by atoms with Gasteiger partial charge in [-0.15, -0.1) is 0 Å². The van der Waals surface area contributed by atoms with E-state index >= 15 is 0 Å². The maximum absolute atomic E-state index is 12.8. The number of likely N-dealkylation sites (tertiary alicyclic amines) is 2. The van der Waals surface area contributed by atoms with E-state index in [4.69, 9.17) is 4.74 Å². The van der Waals surface area contributed by atoms with E-state index in [9.17, 15) is 4.79 Å². The molecule has 2 saturated heterocycles. The molecule has 0 unspecified atom stereocenters. The summed E-state index contributed by atoms with van der Waals surface area (Å²) in [6.45, 7) is 4.65. The molecule has 3 rings (SSSR count). The van der Waals surface area contributed by atoms with Gasteiger partial charge < -0.3 is 9.64 Å². The third-order valence-electron chi connectivity index (χ3n) is 4.66. The summed E-state index contributed by atoms with van der Waals surface area (Å²) in [4.78, 5) is 17.3. The van der Waals surface area contributed by atoms with Gasteiger partial charge in [0, 0.05) is 31.8 Å².